The van der Waals surface area contributed by atoms with E-state index in [0.29, 0.717) is 29.1 Å². The summed E-state index contributed by atoms with van der Waals surface area (Å²) in [7, 11) is 0. The number of hydrogen-bond acceptors (Lipinski definition) is 2. The molecule has 3 rings (SSSR count). The standard InChI is InChI=1S/C20H21Cl2FN2O2/c1-19(2,11-4-6-12(23)7-5-11)25-18(26)24-17-15(21)10-14-13(16(17)22)8-9-20(14,3)27/h4-7,10,27H,8-9H2,1-3H3,(H2,24,25,26). The average molecular weight is 411 g/mol. The number of amides is 2. The van der Waals surface area contributed by atoms with Crippen LogP contribution in [0.1, 0.15) is 43.9 Å². The molecule has 0 fully saturated rings. The molecular formula is C20H21Cl2FN2O2. The van der Waals surface area contributed by atoms with Crippen molar-refractivity contribution in [1.29, 1.82) is 0 Å². The lowest BCUT2D eigenvalue weighted by Gasteiger charge is -2.27. The highest BCUT2D eigenvalue weighted by Crippen LogP contribution is 2.45. The maximum absolute atomic E-state index is 13.1. The first-order chi connectivity index (χ1) is 12.5. The molecule has 2 aromatic rings. The number of fused-ring (bicyclic) bond motifs is 1. The molecule has 0 aromatic heterocycles. The van der Waals surface area contributed by atoms with Gasteiger partial charge in [0.1, 0.15) is 5.82 Å². The van der Waals surface area contributed by atoms with Crippen LogP contribution in [0.5, 0.6) is 0 Å². The minimum atomic E-state index is -0.978. The molecule has 1 atom stereocenters. The molecule has 7 heteroatoms. The first kappa shape index (κ1) is 19.9. The highest BCUT2D eigenvalue weighted by atomic mass is 35.5. The molecule has 0 spiro atoms. The topological polar surface area (TPSA) is 61.4 Å². The van der Waals surface area contributed by atoms with Crippen molar-refractivity contribution in [3.63, 3.8) is 0 Å². The fourth-order valence-electron chi connectivity index (χ4n) is 3.37. The van der Waals surface area contributed by atoms with Crippen LogP contribution in [-0.2, 0) is 17.6 Å². The van der Waals surface area contributed by atoms with Crippen molar-refractivity contribution in [1.82, 2.24) is 5.32 Å². The molecular weight excluding hydrogens is 390 g/mol. The number of anilines is 1. The Kier molecular flexibility index (Phi) is 5.14. The first-order valence-electron chi connectivity index (χ1n) is 8.60. The van der Waals surface area contributed by atoms with E-state index < -0.39 is 17.2 Å². The fraction of sp³-hybridized carbons (Fsp3) is 0.350. The molecule has 0 aliphatic heterocycles. The first-order valence-corrected chi connectivity index (χ1v) is 9.36. The van der Waals surface area contributed by atoms with Gasteiger partial charge in [0.25, 0.3) is 0 Å². The predicted octanol–water partition coefficient (Wildman–Crippen LogP) is 5.34. The van der Waals surface area contributed by atoms with Crippen molar-refractivity contribution in [2.75, 3.05) is 5.32 Å². The zero-order chi connectivity index (χ0) is 20.0. The number of hydrogen-bond donors (Lipinski definition) is 3. The zero-order valence-corrected chi connectivity index (χ0v) is 16.8. The van der Waals surface area contributed by atoms with Crippen molar-refractivity contribution in [3.05, 3.63) is 62.9 Å². The maximum Gasteiger partial charge on any atom is 0.320 e. The van der Waals surface area contributed by atoms with Gasteiger partial charge in [-0.2, -0.15) is 0 Å². The number of carbonyl (C=O) groups excluding carboxylic acids is 1. The summed E-state index contributed by atoms with van der Waals surface area (Å²) in [6, 6.07) is 7.09. The molecule has 0 heterocycles. The summed E-state index contributed by atoms with van der Waals surface area (Å²) in [6.07, 6.45) is 1.15. The number of nitrogens with one attached hydrogen (secondary N) is 2. The van der Waals surface area contributed by atoms with Crippen molar-refractivity contribution in [2.24, 2.45) is 0 Å². The van der Waals surface area contributed by atoms with E-state index in [2.05, 4.69) is 10.6 Å². The van der Waals surface area contributed by atoms with Crippen LogP contribution in [0, 0.1) is 5.82 Å². The quantitative estimate of drug-likeness (QED) is 0.638. The van der Waals surface area contributed by atoms with E-state index >= 15 is 0 Å². The lowest BCUT2D eigenvalue weighted by atomic mass is 9.94. The summed E-state index contributed by atoms with van der Waals surface area (Å²) < 4.78 is 13.1. The van der Waals surface area contributed by atoms with E-state index in [1.54, 1.807) is 25.1 Å². The molecule has 4 nitrogen and oxygen atoms in total. The smallest absolute Gasteiger partial charge is 0.320 e. The Labute approximate surface area is 167 Å². The van der Waals surface area contributed by atoms with Crippen LogP contribution in [-0.4, -0.2) is 11.1 Å². The van der Waals surface area contributed by atoms with E-state index in [1.807, 2.05) is 13.8 Å². The molecule has 1 aliphatic carbocycles. The normalized spacial score (nSPS) is 18.9. The Hall–Kier alpha value is -1.82. The third kappa shape index (κ3) is 3.91. The molecule has 2 aromatic carbocycles. The van der Waals surface area contributed by atoms with E-state index in [-0.39, 0.29) is 10.8 Å². The van der Waals surface area contributed by atoms with Crippen LogP contribution in [0.15, 0.2) is 30.3 Å². The van der Waals surface area contributed by atoms with Gasteiger partial charge >= 0.3 is 6.03 Å². The van der Waals surface area contributed by atoms with Gasteiger partial charge in [0, 0.05) is 0 Å². The summed E-state index contributed by atoms with van der Waals surface area (Å²) in [5.74, 6) is -0.341. The maximum atomic E-state index is 13.1. The summed E-state index contributed by atoms with van der Waals surface area (Å²) in [6.45, 7) is 5.34. The van der Waals surface area contributed by atoms with E-state index in [4.69, 9.17) is 23.2 Å². The van der Waals surface area contributed by atoms with Gasteiger partial charge < -0.3 is 15.7 Å². The Morgan fingerprint density at radius 3 is 2.52 bits per heavy atom. The number of rotatable bonds is 3. The second-order valence-corrected chi connectivity index (χ2v) is 8.34. The molecule has 3 N–H and O–H groups in total. The summed E-state index contributed by atoms with van der Waals surface area (Å²) in [5.41, 5.74) is 0.822. The van der Waals surface area contributed by atoms with Gasteiger partial charge in [-0.05, 0) is 68.5 Å². The van der Waals surface area contributed by atoms with Gasteiger partial charge in [-0.15, -0.1) is 0 Å². The molecule has 0 saturated carbocycles. The highest BCUT2D eigenvalue weighted by molar-refractivity contribution is 6.40. The SMILES string of the molecule is CC1(O)CCc2c1cc(Cl)c(NC(=O)NC(C)(C)c1ccc(F)cc1)c2Cl. The summed E-state index contributed by atoms with van der Waals surface area (Å²) in [5, 5.41) is 16.6. The van der Waals surface area contributed by atoms with Crippen molar-refractivity contribution in [2.45, 2.75) is 44.8 Å². The fourth-order valence-corrected chi connectivity index (χ4v) is 4.01. The van der Waals surface area contributed by atoms with Gasteiger partial charge in [-0.25, -0.2) is 9.18 Å². The monoisotopic (exact) mass is 410 g/mol. The predicted molar refractivity (Wildman–Crippen MR) is 106 cm³/mol. The second kappa shape index (κ2) is 6.97. The van der Waals surface area contributed by atoms with Crippen LogP contribution < -0.4 is 10.6 Å². The number of aliphatic hydroxyl groups is 1. The van der Waals surface area contributed by atoms with E-state index in [9.17, 15) is 14.3 Å². The molecule has 0 saturated heterocycles. The Balaban J connectivity index is 1.82. The zero-order valence-electron chi connectivity index (χ0n) is 15.3. The van der Waals surface area contributed by atoms with Crippen LogP contribution in [0.4, 0.5) is 14.9 Å². The number of carbonyl (C=O) groups is 1. The molecule has 27 heavy (non-hydrogen) atoms. The third-order valence-electron chi connectivity index (χ3n) is 4.99. The van der Waals surface area contributed by atoms with Crippen LogP contribution in [0.3, 0.4) is 0 Å². The van der Waals surface area contributed by atoms with Crippen LogP contribution in [0.25, 0.3) is 0 Å². The molecule has 1 aliphatic rings. The summed E-state index contributed by atoms with van der Waals surface area (Å²) >= 11 is 12.8. The molecule has 0 radical (unpaired) electrons. The second-order valence-electron chi connectivity index (χ2n) is 7.56. The Morgan fingerprint density at radius 1 is 1.26 bits per heavy atom. The molecule has 0 bridgehead atoms. The number of halogens is 3. The van der Waals surface area contributed by atoms with Crippen molar-refractivity contribution >= 4 is 34.9 Å². The molecule has 144 valence electrons. The summed E-state index contributed by atoms with van der Waals surface area (Å²) in [4.78, 5) is 12.5. The van der Waals surface area contributed by atoms with E-state index in [0.717, 1.165) is 11.1 Å². The van der Waals surface area contributed by atoms with Crippen molar-refractivity contribution < 1.29 is 14.3 Å². The largest absolute Gasteiger partial charge is 0.385 e. The van der Waals surface area contributed by atoms with Gasteiger partial charge in [-0.1, -0.05) is 35.3 Å². The van der Waals surface area contributed by atoms with Crippen LogP contribution in [0.2, 0.25) is 10.0 Å². The number of benzene rings is 2. The Morgan fingerprint density at radius 2 is 1.89 bits per heavy atom. The number of urea groups is 1. The lowest BCUT2D eigenvalue weighted by molar-refractivity contribution is 0.0595. The molecule has 2 amide bonds. The van der Waals surface area contributed by atoms with Gasteiger partial charge in [0.05, 0.1) is 26.9 Å². The lowest BCUT2D eigenvalue weighted by Crippen LogP contribution is -2.43. The minimum absolute atomic E-state index is 0.260. The van der Waals surface area contributed by atoms with Crippen LogP contribution >= 0.6 is 23.2 Å². The third-order valence-corrected chi connectivity index (χ3v) is 5.71. The minimum Gasteiger partial charge on any atom is -0.385 e. The van der Waals surface area contributed by atoms with Gasteiger partial charge in [0.15, 0.2) is 0 Å². The average Bonchev–Trinajstić information content (AvgIpc) is 2.86. The highest BCUT2D eigenvalue weighted by Gasteiger charge is 2.35. The van der Waals surface area contributed by atoms with Gasteiger partial charge in [-0.3, -0.25) is 0 Å². The Bertz CT molecular complexity index is 896. The van der Waals surface area contributed by atoms with Crippen molar-refractivity contribution in [3.8, 4) is 0 Å². The van der Waals surface area contributed by atoms with E-state index in [1.165, 1.54) is 12.1 Å². The molecule has 1 unspecified atom stereocenters. The van der Waals surface area contributed by atoms with Gasteiger partial charge in [0.2, 0.25) is 0 Å².